The van der Waals surface area contributed by atoms with Crippen LogP contribution in [0.25, 0.3) is 17.0 Å². The number of rotatable bonds is 3. The number of hydrogen-bond acceptors (Lipinski definition) is 3. The molecule has 0 bridgehead atoms. The number of nitrogens with zero attached hydrogens (tertiary/aromatic N) is 1. The lowest BCUT2D eigenvalue weighted by atomic mass is 10.1. The molecule has 2 rings (SSSR count). The lowest BCUT2D eigenvalue weighted by Crippen LogP contribution is -2.05. The largest absolute Gasteiger partial charge is 0.478 e. The average molecular weight is 270 g/mol. The highest BCUT2D eigenvalue weighted by Crippen LogP contribution is 2.22. The first kappa shape index (κ1) is 13.7. The van der Waals surface area contributed by atoms with Gasteiger partial charge in [0.2, 0.25) is 5.91 Å². The van der Waals surface area contributed by atoms with E-state index in [2.05, 4.69) is 10.3 Å². The molecule has 2 aromatic rings. The number of aromatic nitrogens is 1. The number of carboxylic acid groups (broad SMARTS) is 1. The quantitative estimate of drug-likeness (QED) is 0.840. The molecule has 5 heteroatoms. The van der Waals surface area contributed by atoms with Gasteiger partial charge in [-0.3, -0.25) is 4.79 Å². The van der Waals surface area contributed by atoms with Crippen LogP contribution < -0.4 is 5.32 Å². The molecule has 20 heavy (non-hydrogen) atoms. The molecule has 0 aliphatic heterocycles. The molecule has 0 aliphatic carbocycles. The lowest BCUT2D eigenvalue weighted by molar-refractivity contribution is -0.131. The predicted molar refractivity (Wildman–Crippen MR) is 77.5 cm³/mol. The van der Waals surface area contributed by atoms with Crippen LogP contribution in [0.15, 0.2) is 30.3 Å². The summed E-state index contributed by atoms with van der Waals surface area (Å²) < 4.78 is 0. The Balaban J connectivity index is 2.46. The second-order valence-corrected chi connectivity index (χ2v) is 4.45. The minimum atomic E-state index is -1.01. The first-order valence-corrected chi connectivity index (χ1v) is 6.06. The summed E-state index contributed by atoms with van der Waals surface area (Å²) in [5.41, 5.74) is 3.02. The van der Waals surface area contributed by atoms with E-state index in [0.717, 1.165) is 22.5 Å². The molecular weight excluding hydrogens is 256 g/mol. The fourth-order valence-electron chi connectivity index (χ4n) is 1.94. The molecule has 0 saturated heterocycles. The number of hydrogen-bond donors (Lipinski definition) is 2. The zero-order valence-corrected chi connectivity index (χ0v) is 11.2. The van der Waals surface area contributed by atoms with Crippen LogP contribution in [0, 0.1) is 6.92 Å². The molecule has 0 radical (unpaired) electrons. The number of amides is 1. The Labute approximate surface area is 115 Å². The van der Waals surface area contributed by atoms with Crippen molar-refractivity contribution in [2.75, 3.05) is 5.32 Å². The van der Waals surface area contributed by atoms with Crippen molar-refractivity contribution in [3.05, 3.63) is 41.6 Å². The number of aryl methyl sites for hydroxylation is 1. The normalized spacial score (nSPS) is 10.9. The van der Waals surface area contributed by atoms with Gasteiger partial charge in [-0.2, -0.15) is 0 Å². The number of aliphatic carboxylic acids is 1. The van der Waals surface area contributed by atoms with E-state index in [1.807, 2.05) is 13.0 Å². The number of anilines is 1. The molecule has 0 aliphatic rings. The summed E-state index contributed by atoms with van der Waals surface area (Å²) in [6, 6.07) is 7.22. The van der Waals surface area contributed by atoms with Crippen LogP contribution in [0.1, 0.15) is 18.2 Å². The Kier molecular flexibility index (Phi) is 3.79. The van der Waals surface area contributed by atoms with Gasteiger partial charge in [0, 0.05) is 24.1 Å². The topological polar surface area (TPSA) is 79.3 Å². The van der Waals surface area contributed by atoms with E-state index in [-0.39, 0.29) is 5.91 Å². The van der Waals surface area contributed by atoms with Gasteiger partial charge in [0.15, 0.2) is 0 Å². The van der Waals surface area contributed by atoms with E-state index in [4.69, 9.17) is 5.11 Å². The summed E-state index contributed by atoms with van der Waals surface area (Å²) in [7, 11) is 0. The van der Waals surface area contributed by atoms with Gasteiger partial charge in [-0.15, -0.1) is 0 Å². The van der Waals surface area contributed by atoms with Crippen molar-refractivity contribution in [1.29, 1.82) is 0 Å². The number of carboxylic acids is 1. The number of carbonyl (C=O) groups is 2. The maximum Gasteiger partial charge on any atom is 0.328 e. The van der Waals surface area contributed by atoms with Crippen molar-refractivity contribution in [3.8, 4) is 0 Å². The molecule has 2 N–H and O–H groups in total. The summed E-state index contributed by atoms with van der Waals surface area (Å²) in [6.45, 7) is 3.37. The fourth-order valence-corrected chi connectivity index (χ4v) is 1.94. The Morgan fingerprint density at radius 1 is 1.30 bits per heavy atom. The maximum atomic E-state index is 11.0. The minimum Gasteiger partial charge on any atom is -0.478 e. The van der Waals surface area contributed by atoms with E-state index < -0.39 is 5.97 Å². The average Bonchev–Trinajstić information content (AvgIpc) is 2.36. The van der Waals surface area contributed by atoms with Crippen LogP contribution in [0.3, 0.4) is 0 Å². The van der Waals surface area contributed by atoms with Crippen LogP contribution in [0.5, 0.6) is 0 Å². The second-order valence-electron chi connectivity index (χ2n) is 4.45. The Hall–Kier alpha value is -2.69. The Morgan fingerprint density at radius 2 is 2.05 bits per heavy atom. The third kappa shape index (κ3) is 3.20. The molecule has 1 aromatic heterocycles. The zero-order valence-electron chi connectivity index (χ0n) is 11.2. The van der Waals surface area contributed by atoms with Crippen LogP contribution in [0.2, 0.25) is 0 Å². The summed E-state index contributed by atoms with van der Waals surface area (Å²) >= 11 is 0. The second kappa shape index (κ2) is 5.52. The third-order valence-corrected chi connectivity index (χ3v) is 2.75. The number of nitrogens with one attached hydrogen (secondary N) is 1. The number of carbonyl (C=O) groups excluding carboxylic acids is 1. The summed E-state index contributed by atoms with van der Waals surface area (Å²) in [6.07, 6.45) is 2.51. The summed E-state index contributed by atoms with van der Waals surface area (Å²) in [4.78, 5) is 25.9. The molecule has 102 valence electrons. The minimum absolute atomic E-state index is 0.129. The Bertz CT molecular complexity index is 720. The summed E-state index contributed by atoms with van der Waals surface area (Å²) in [5, 5.41) is 12.3. The standard InChI is InChI=1S/C15H14N2O3/c1-9-7-11(4-6-15(19)20)17-14-5-3-12(8-13(9)14)16-10(2)18/h3-8H,1-2H3,(H,16,18)(H,19,20)/b6-4+. The molecule has 0 spiro atoms. The van der Waals surface area contributed by atoms with Crippen LogP contribution in [-0.2, 0) is 9.59 Å². The Morgan fingerprint density at radius 3 is 2.70 bits per heavy atom. The van der Waals surface area contributed by atoms with E-state index in [1.54, 1.807) is 18.2 Å². The van der Waals surface area contributed by atoms with Gasteiger partial charge in [-0.25, -0.2) is 9.78 Å². The van der Waals surface area contributed by atoms with E-state index in [9.17, 15) is 9.59 Å². The maximum absolute atomic E-state index is 11.0. The third-order valence-electron chi connectivity index (χ3n) is 2.75. The van der Waals surface area contributed by atoms with Crippen molar-refractivity contribution in [1.82, 2.24) is 4.98 Å². The van der Waals surface area contributed by atoms with Gasteiger partial charge in [-0.1, -0.05) is 0 Å². The van der Waals surface area contributed by atoms with E-state index >= 15 is 0 Å². The van der Waals surface area contributed by atoms with Crippen LogP contribution >= 0.6 is 0 Å². The van der Waals surface area contributed by atoms with Gasteiger partial charge >= 0.3 is 5.97 Å². The van der Waals surface area contributed by atoms with Crippen molar-refractivity contribution in [2.24, 2.45) is 0 Å². The molecule has 0 fully saturated rings. The lowest BCUT2D eigenvalue weighted by Gasteiger charge is -2.07. The molecule has 1 amide bonds. The number of pyridine rings is 1. The van der Waals surface area contributed by atoms with Crippen LogP contribution in [-0.4, -0.2) is 22.0 Å². The van der Waals surface area contributed by atoms with E-state index in [0.29, 0.717) is 11.4 Å². The van der Waals surface area contributed by atoms with Crippen molar-refractivity contribution >= 4 is 34.5 Å². The van der Waals surface area contributed by atoms with Gasteiger partial charge in [-0.05, 0) is 42.8 Å². The molecule has 5 nitrogen and oxygen atoms in total. The van der Waals surface area contributed by atoms with Gasteiger partial charge < -0.3 is 10.4 Å². The zero-order chi connectivity index (χ0) is 14.7. The SMILES string of the molecule is CC(=O)Nc1ccc2nc(/C=C/C(=O)O)cc(C)c2c1. The van der Waals surface area contributed by atoms with Gasteiger partial charge in [0.1, 0.15) is 0 Å². The van der Waals surface area contributed by atoms with Crippen LogP contribution in [0.4, 0.5) is 5.69 Å². The van der Waals surface area contributed by atoms with Crippen molar-refractivity contribution < 1.29 is 14.7 Å². The van der Waals surface area contributed by atoms with Gasteiger partial charge in [0.25, 0.3) is 0 Å². The molecular formula is C15H14N2O3. The summed E-state index contributed by atoms with van der Waals surface area (Å²) in [5.74, 6) is -1.14. The predicted octanol–water partition coefficient (Wildman–Crippen LogP) is 2.60. The molecule has 1 heterocycles. The molecule has 0 unspecified atom stereocenters. The first-order chi connectivity index (χ1) is 9.45. The molecule has 0 saturated carbocycles. The fraction of sp³-hybridized carbons (Fsp3) is 0.133. The first-order valence-electron chi connectivity index (χ1n) is 6.06. The number of fused-ring (bicyclic) bond motifs is 1. The highest BCUT2D eigenvalue weighted by atomic mass is 16.4. The molecule has 1 aromatic carbocycles. The molecule has 0 atom stereocenters. The van der Waals surface area contributed by atoms with Gasteiger partial charge in [0.05, 0.1) is 11.2 Å². The van der Waals surface area contributed by atoms with E-state index in [1.165, 1.54) is 13.0 Å². The monoisotopic (exact) mass is 270 g/mol. The van der Waals surface area contributed by atoms with Crippen molar-refractivity contribution in [3.63, 3.8) is 0 Å². The van der Waals surface area contributed by atoms with Crippen molar-refractivity contribution in [2.45, 2.75) is 13.8 Å². The number of benzene rings is 1. The smallest absolute Gasteiger partial charge is 0.328 e. The highest BCUT2D eigenvalue weighted by Gasteiger charge is 2.04. The highest BCUT2D eigenvalue weighted by molar-refractivity contribution is 5.93.